The molecule has 0 aliphatic carbocycles. The van der Waals surface area contributed by atoms with Gasteiger partial charge in [-0.3, -0.25) is 9.36 Å². The van der Waals surface area contributed by atoms with Crippen molar-refractivity contribution in [2.75, 3.05) is 5.75 Å². The first-order chi connectivity index (χ1) is 16.4. The third-order valence-electron chi connectivity index (χ3n) is 4.50. The molecule has 34 heavy (non-hydrogen) atoms. The fraction of sp³-hybridized carbons (Fsp3) is 0.0435. The predicted molar refractivity (Wildman–Crippen MR) is 137 cm³/mol. The number of carbonyl (C=O) groups is 1. The number of aromatic nitrogens is 3. The smallest absolute Gasteiger partial charge is 0.250 e. The summed E-state index contributed by atoms with van der Waals surface area (Å²) in [6.45, 7) is 0. The Labute approximate surface area is 217 Å². The number of nitrogens with one attached hydrogen (secondary N) is 1. The van der Waals surface area contributed by atoms with Gasteiger partial charge in [-0.2, -0.15) is 5.10 Å². The number of halogens is 4. The summed E-state index contributed by atoms with van der Waals surface area (Å²) >= 11 is 16.5. The molecule has 11 heteroatoms. The van der Waals surface area contributed by atoms with Crippen LogP contribution < -0.4 is 5.43 Å². The second-order valence-electron chi connectivity index (χ2n) is 6.87. The van der Waals surface area contributed by atoms with E-state index in [-0.39, 0.29) is 17.2 Å². The van der Waals surface area contributed by atoms with Crippen LogP contribution in [0.3, 0.4) is 0 Å². The fourth-order valence-corrected chi connectivity index (χ4v) is 4.30. The molecule has 4 rings (SSSR count). The molecule has 0 bridgehead atoms. The Bertz CT molecular complexity index is 1350. The van der Waals surface area contributed by atoms with Gasteiger partial charge in [-0.25, -0.2) is 9.82 Å². The minimum atomic E-state index is -0.443. The van der Waals surface area contributed by atoms with Crippen LogP contribution in [0.25, 0.3) is 17.1 Å². The quantitative estimate of drug-likeness (QED) is 0.157. The topological polar surface area (TPSA) is 72.2 Å². The van der Waals surface area contributed by atoms with Crippen molar-refractivity contribution in [3.05, 3.63) is 92.6 Å². The number of hydrogen-bond acceptors (Lipinski definition) is 5. The lowest BCUT2D eigenvalue weighted by Crippen LogP contribution is -2.20. The van der Waals surface area contributed by atoms with Crippen molar-refractivity contribution in [2.45, 2.75) is 5.16 Å². The third kappa shape index (κ3) is 6.04. The summed E-state index contributed by atoms with van der Waals surface area (Å²) in [5.74, 6) is -0.216. The van der Waals surface area contributed by atoms with E-state index in [0.717, 1.165) is 11.3 Å². The van der Waals surface area contributed by atoms with E-state index in [1.165, 1.54) is 24.0 Å². The molecule has 0 spiro atoms. The molecule has 172 valence electrons. The first-order valence-electron chi connectivity index (χ1n) is 9.78. The average Bonchev–Trinajstić information content (AvgIpc) is 3.25. The number of nitrogens with zero attached hydrogens (tertiary/aromatic N) is 4. The van der Waals surface area contributed by atoms with E-state index in [2.05, 4.69) is 36.7 Å². The number of hydrogen-bond donors (Lipinski definition) is 1. The standard InChI is InChI=1S/C23H15BrCl2FN5OS/c24-16-3-10-20(27)15(11-16)12-28-29-21(33)13-34-23-31-30-22(14-1-4-17(25)5-2-14)32(23)19-8-6-18(26)7-9-19/h1-12H,13H2,(H,29,33)/b28-12-. The van der Waals surface area contributed by atoms with Crippen molar-refractivity contribution in [1.82, 2.24) is 20.2 Å². The van der Waals surface area contributed by atoms with Gasteiger partial charge in [0.2, 0.25) is 0 Å². The first-order valence-corrected chi connectivity index (χ1v) is 12.3. The first kappa shape index (κ1) is 24.4. The largest absolute Gasteiger partial charge is 0.272 e. The molecule has 0 atom stereocenters. The number of benzene rings is 3. The summed E-state index contributed by atoms with van der Waals surface area (Å²) in [7, 11) is 0. The number of hydrazone groups is 1. The zero-order valence-corrected chi connectivity index (χ0v) is 21.2. The molecular weight excluding hydrogens is 564 g/mol. The molecule has 1 heterocycles. The predicted octanol–water partition coefficient (Wildman–Crippen LogP) is 6.39. The lowest BCUT2D eigenvalue weighted by Gasteiger charge is -2.10. The minimum Gasteiger partial charge on any atom is -0.272 e. The third-order valence-corrected chi connectivity index (χ3v) is 6.43. The van der Waals surface area contributed by atoms with Gasteiger partial charge < -0.3 is 0 Å². The van der Waals surface area contributed by atoms with E-state index in [9.17, 15) is 9.18 Å². The molecule has 3 aromatic carbocycles. The molecule has 0 aliphatic heterocycles. The van der Waals surface area contributed by atoms with Crippen molar-refractivity contribution in [1.29, 1.82) is 0 Å². The molecule has 6 nitrogen and oxygen atoms in total. The van der Waals surface area contributed by atoms with E-state index in [1.54, 1.807) is 36.4 Å². The van der Waals surface area contributed by atoms with Gasteiger partial charge in [-0.05, 0) is 66.7 Å². The van der Waals surface area contributed by atoms with E-state index in [4.69, 9.17) is 23.2 Å². The van der Waals surface area contributed by atoms with Crippen LogP contribution in [0.2, 0.25) is 10.0 Å². The summed E-state index contributed by atoms with van der Waals surface area (Å²) in [4.78, 5) is 12.3. The monoisotopic (exact) mass is 577 g/mol. The minimum absolute atomic E-state index is 0.0185. The molecule has 0 saturated heterocycles. The van der Waals surface area contributed by atoms with E-state index in [1.807, 2.05) is 28.8 Å². The Kier molecular flexibility index (Phi) is 7.99. The highest BCUT2D eigenvalue weighted by Crippen LogP contribution is 2.29. The van der Waals surface area contributed by atoms with Gasteiger partial charge in [0.25, 0.3) is 5.91 Å². The van der Waals surface area contributed by atoms with Crippen LogP contribution >= 0.6 is 50.9 Å². The van der Waals surface area contributed by atoms with Gasteiger partial charge >= 0.3 is 0 Å². The highest BCUT2D eigenvalue weighted by molar-refractivity contribution is 9.10. The fourth-order valence-electron chi connectivity index (χ4n) is 2.92. The molecule has 0 saturated carbocycles. The SMILES string of the molecule is O=C(CSc1nnc(-c2ccc(Cl)cc2)n1-c1ccc(Cl)cc1)N/N=C\c1cc(Br)ccc1F. The van der Waals surface area contributed by atoms with Gasteiger partial charge in [0.15, 0.2) is 11.0 Å². The highest BCUT2D eigenvalue weighted by atomic mass is 79.9. The van der Waals surface area contributed by atoms with E-state index >= 15 is 0 Å². The van der Waals surface area contributed by atoms with Crippen LogP contribution in [0.4, 0.5) is 4.39 Å². The average molecular weight is 579 g/mol. The zero-order chi connectivity index (χ0) is 24.1. The number of rotatable bonds is 7. The number of amides is 1. The molecule has 0 unspecified atom stereocenters. The van der Waals surface area contributed by atoms with Crippen molar-refractivity contribution >= 4 is 63.0 Å². The van der Waals surface area contributed by atoms with Crippen LogP contribution in [0.1, 0.15) is 5.56 Å². The van der Waals surface area contributed by atoms with E-state index < -0.39 is 5.82 Å². The summed E-state index contributed by atoms with van der Waals surface area (Å²) in [6.07, 6.45) is 1.25. The van der Waals surface area contributed by atoms with Crippen molar-refractivity contribution in [3.63, 3.8) is 0 Å². The van der Waals surface area contributed by atoms with Gasteiger partial charge in [-0.1, -0.05) is 50.9 Å². The van der Waals surface area contributed by atoms with Crippen molar-refractivity contribution in [2.24, 2.45) is 5.10 Å². The Morgan fingerprint density at radius 2 is 1.74 bits per heavy atom. The van der Waals surface area contributed by atoms with Crippen LogP contribution in [0, 0.1) is 5.82 Å². The molecule has 0 aliphatic rings. The molecular formula is C23H15BrCl2FN5OS. The second kappa shape index (κ2) is 11.1. The Morgan fingerprint density at radius 1 is 1.06 bits per heavy atom. The van der Waals surface area contributed by atoms with Gasteiger partial charge in [0, 0.05) is 31.3 Å². The number of thioether (sulfide) groups is 1. The second-order valence-corrected chi connectivity index (χ2v) is 9.60. The lowest BCUT2D eigenvalue weighted by molar-refractivity contribution is -0.118. The summed E-state index contributed by atoms with van der Waals surface area (Å²) < 4.78 is 16.3. The van der Waals surface area contributed by atoms with Crippen LogP contribution in [-0.4, -0.2) is 32.6 Å². The maximum absolute atomic E-state index is 13.8. The Balaban J connectivity index is 1.51. The lowest BCUT2D eigenvalue weighted by atomic mass is 10.2. The molecule has 1 N–H and O–H groups in total. The molecule has 1 amide bonds. The van der Waals surface area contributed by atoms with Crippen molar-refractivity contribution < 1.29 is 9.18 Å². The maximum Gasteiger partial charge on any atom is 0.250 e. The van der Waals surface area contributed by atoms with Gasteiger partial charge in [0.05, 0.1) is 12.0 Å². The van der Waals surface area contributed by atoms with Crippen LogP contribution in [0.15, 0.2) is 81.5 Å². The Hall–Kier alpha value is -2.72. The Morgan fingerprint density at radius 3 is 2.44 bits per heavy atom. The molecule has 1 aromatic heterocycles. The van der Waals surface area contributed by atoms with E-state index in [0.29, 0.717) is 25.5 Å². The van der Waals surface area contributed by atoms with Crippen molar-refractivity contribution in [3.8, 4) is 17.1 Å². The summed E-state index contributed by atoms with van der Waals surface area (Å²) in [5.41, 5.74) is 4.24. The summed E-state index contributed by atoms with van der Waals surface area (Å²) in [5, 5.41) is 14.1. The normalized spacial score (nSPS) is 11.2. The van der Waals surface area contributed by atoms with Gasteiger partial charge in [-0.15, -0.1) is 10.2 Å². The molecule has 4 aromatic rings. The highest BCUT2D eigenvalue weighted by Gasteiger charge is 2.17. The molecule has 0 fully saturated rings. The number of carbonyl (C=O) groups excluding carboxylic acids is 1. The maximum atomic E-state index is 13.8. The van der Waals surface area contributed by atoms with Crippen LogP contribution in [0.5, 0.6) is 0 Å². The molecule has 0 radical (unpaired) electrons. The zero-order valence-electron chi connectivity index (χ0n) is 17.3. The van der Waals surface area contributed by atoms with Crippen LogP contribution in [-0.2, 0) is 4.79 Å². The summed E-state index contributed by atoms with van der Waals surface area (Å²) in [6, 6.07) is 18.9. The van der Waals surface area contributed by atoms with Gasteiger partial charge in [0.1, 0.15) is 5.82 Å².